The van der Waals surface area contributed by atoms with E-state index in [0.29, 0.717) is 16.7 Å². The lowest BCUT2D eigenvalue weighted by atomic mass is 10.3. The molecule has 2 rings (SSSR count). The molecule has 0 fully saturated rings. The van der Waals surface area contributed by atoms with Crippen molar-refractivity contribution in [2.45, 2.75) is 13.1 Å². The molecule has 0 radical (unpaired) electrons. The van der Waals surface area contributed by atoms with Crippen LogP contribution in [0.4, 0.5) is 5.69 Å². The third kappa shape index (κ3) is 2.98. The van der Waals surface area contributed by atoms with Crippen molar-refractivity contribution in [2.24, 2.45) is 0 Å². The number of hydrogen-bond donors (Lipinski definition) is 2. The van der Waals surface area contributed by atoms with E-state index in [1.165, 1.54) is 4.68 Å². The molecule has 0 amide bonds. The Balaban J connectivity index is 2.14. The average Bonchev–Trinajstić information content (AvgIpc) is 2.87. The number of hydrogen-bond acceptors (Lipinski definition) is 5. The number of aromatic nitrogens is 2. The molecule has 0 bridgehead atoms. The molecule has 2 heterocycles. The lowest BCUT2D eigenvalue weighted by Gasteiger charge is -2.09. The average molecular weight is 330 g/mol. The first-order valence-electron chi connectivity index (χ1n) is 5.34. The van der Waals surface area contributed by atoms with Crippen LogP contribution in [0.5, 0.6) is 0 Å². The zero-order chi connectivity index (χ0) is 13.0. The summed E-state index contributed by atoms with van der Waals surface area (Å²) in [5.41, 5.74) is 1.56. The lowest BCUT2D eigenvalue weighted by Crippen LogP contribution is -2.25. The van der Waals surface area contributed by atoms with Gasteiger partial charge in [0.05, 0.1) is 25.0 Å². The smallest absolute Gasteiger partial charge is 0.283 e. The summed E-state index contributed by atoms with van der Waals surface area (Å²) in [4.78, 5) is 11.8. The van der Waals surface area contributed by atoms with Gasteiger partial charge < -0.3 is 10.4 Å². The van der Waals surface area contributed by atoms with Crippen LogP contribution < -0.4 is 10.9 Å². The number of thiophene rings is 1. The number of rotatable bonds is 5. The highest BCUT2D eigenvalue weighted by atomic mass is 79.9. The monoisotopic (exact) mass is 329 g/mol. The van der Waals surface area contributed by atoms with Crippen molar-refractivity contribution in [2.75, 3.05) is 11.9 Å². The van der Waals surface area contributed by atoms with Crippen molar-refractivity contribution in [3.8, 4) is 0 Å². The third-order valence-corrected chi connectivity index (χ3v) is 3.86. The van der Waals surface area contributed by atoms with Gasteiger partial charge in [0.1, 0.15) is 4.47 Å². The molecule has 0 aliphatic carbocycles. The van der Waals surface area contributed by atoms with Crippen molar-refractivity contribution in [1.82, 2.24) is 9.78 Å². The first-order chi connectivity index (χ1) is 8.72. The summed E-state index contributed by atoms with van der Waals surface area (Å²) in [6.07, 6.45) is 1.58. The Hall–Kier alpha value is -1.18. The minimum absolute atomic E-state index is 0.110. The highest BCUT2D eigenvalue weighted by Crippen LogP contribution is 2.17. The molecule has 96 valence electrons. The molecule has 0 saturated heterocycles. The maximum atomic E-state index is 11.8. The molecule has 18 heavy (non-hydrogen) atoms. The zero-order valence-electron chi connectivity index (χ0n) is 9.47. The number of anilines is 1. The third-order valence-electron chi connectivity index (χ3n) is 2.36. The predicted molar refractivity (Wildman–Crippen MR) is 74.9 cm³/mol. The quantitative estimate of drug-likeness (QED) is 0.875. The van der Waals surface area contributed by atoms with Crippen LogP contribution in [0.25, 0.3) is 0 Å². The Morgan fingerprint density at radius 1 is 1.56 bits per heavy atom. The van der Waals surface area contributed by atoms with Crippen LogP contribution in [0.2, 0.25) is 0 Å². The predicted octanol–water partition coefficient (Wildman–Crippen LogP) is 1.67. The number of aliphatic hydroxyl groups excluding tert-OH is 1. The van der Waals surface area contributed by atoms with E-state index in [1.54, 1.807) is 17.5 Å². The van der Waals surface area contributed by atoms with E-state index in [2.05, 4.69) is 26.3 Å². The SMILES string of the molecule is O=c1c(Br)c(NCc2ccsc2)cnn1CCO. The Morgan fingerprint density at radius 3 is 3.06 bits per heavy atom. The van der Waals surface area contributed by atoms with Gasteiger partial charge in [-0.2, -0.15) is 16.4 Å². The number of nitrogens with zero attached hydrogens (tertiary/aromatic N) is 2. The van der Waals surface area contributed by atoms with Crippen molar-refractivity contribution in [3.05, 3.63) is 43.4 Å². The molecule has 2 aromatic rings. The summed E-state index contributed by atoms with van der Waals surface area (Å²) in [5.74, 6) is 0. The second-order valence-corrected chi connectivity index (χ2v) is 5.18. The van der Waals surface area contributed by atoms with E-state index in [4.69, 9.17) is 5.11 Å². The van der Waals surface area contributed by atoms with E-state index in [-0.39, 0.29) is 18.7 Å². The van der Waals surface area contributed by atoms with Gasteiger partial charge >= 0.3 is 0 Å². The highest BCUT2D eigenvalue weighted by Gasteiger charge is 2.08. The van der Waals surface area contributed by atoms with Crippen LogP contribution >= 0.6 is 27.3 Å². The molecule has 7 heteroatoms. The Kier molecular flexibility index (Phi) is 4.51. The number of halogens is 1. The summed E-state index contributed by atoms with van der Waals surface area (Å²) >= 11 is 4.88. The second kappa shape index (κ2) is 6.12. The van der Waals surface area contributed by atoms with E-state index >= 15 is 0 Å². The first kappa shape index (κ1) is 13.3. The van der Waals surface area contributed by atoms with E-state index in [0.717, 1.165) is 5.56 Å². The van der Waals surface area contributed by atoms with Gasteiger partial charge in [0.15, 0.2) is 0 Å². The van der Waals surface area contributed by atoms with Crippen LogP contribution in [0, 0.1) is 0 Å². The van der Waals surface area contributed by atoms with Gasteiger partial charge in [0, 0.05) is 6.54 Å². The maximum Gasteiger partial charge on any atom is 0.283 e. The minimum Gasteiger partial charge on any atom is -0.394 e. The summed E-state index contributed by atoms with van der Waals surface area (Å²) in [7, 11) is 0. The molecule has 2 aromatic heterocycles. The maximum absolute atomic E-state index is 11.8. The van der Waals surface area contributed by atoms with Gasteiger partial charge in [0.2, 0.25) is 0 Å². The fourth-order valence-corrected chi connectivity index (χ4v) is 2.55. The van der Waals surface area contributed by atoms with Gasteiger partial charge in [-0.05, 0) is 38.3 Å². The molecule has 5 nitrogen and oxygen atoms in total. The van der Waals surface area contributed by atoms with Crippen LogP contribution in [0.3, 0.4) is 0 Å². The minimum atomic E-state index is -0.251. The molecule has 0 unspecified atom stereocenters. The van der Waals surface area contributed by atoms with Crippen molar-refractivity contribution in [1.29, 1.82) is 0 Å². The van der Waals surface area contributed by atoms with Gasteiger partial charge in [-0.15, -0.1) is 0 Å². The second-order valence-electron chi connectivity index (χ2n) is 3.61. The Bertz CT molecular complexity index is 568. The molecule has 0 aromatic carbocycles. The standard InChI is InChI=1S/C11H12BrN3O2S/c12-10-9(13-5-8-1-4-18-7-8)6-14-15(2-3-16)11(10)17/h1,4,6-7,13,16H,2-3,5H2. The molecular formula is C11H12BrN3O2S. The fraction of sp³-hybridized carbons (Fsp3) is 0.273. The van der Waals surface area contributed by atoms with Gasteiger partial charge in [-0.25, -0.2) is 4.68 Å². The molecule has 0 aliphatic heterocycles. The van der Waals surface area contributed by atoms with E-state index < -0.39 is 0 Å². The number of aliphatic hydroxyl groups is 1. The first-order valence-corrected chi connectivity index (χ1v) is 7.07. The van der Waals surface area contributed by atoms with Crippen molar-refractivity contribution < 1.29 is 5.11 Å². The largest absolute Gasteiger partial charge is 0.394 e. The van der Waals surface area contributed by atoms with E-state index in [1.807, 2.05) is 16.8 Å². The Morgan fingerprint density at radius 2 is 2.39 bits per heavy atom. The van der Waals surface area contributed by atoms with Crippen LogP contribution in [-0.2, 0) is 13.1 Å². The van der Waals surface area contributed by atoms with Crippen molar-refractivity contribution in [3.63, 3.8) is 0 Å². The van der Waals surface area contributed by atoms with Gasteiger partial charge in [0.25, 0.3) is 5.56 Å². The molecule has 0 atom stereocenters. The summed E-state index contributed by atoms with van der Waals surface area (Å²) in [6, 6.07) is 2.02. The fourth-order valence-electron chi connectivity index (χ4n) is 1.43. The van der Waals surface area contributed by atoms with Gasteiger partial charge in [-0.3, -0.25) is 4.79 Å². The summed E-state index contributed by atoms with van der Waals surface area (Å²) in [6.45, 7) is 0.733. The number of nitrogens with one attached hydrogen (secondary N) is 1. The normalized spacial score (nSPS) is 10.6. The van der Waals surface area contributed by atoms with Crippen LogP contribution in [0.15, 0.2) is 32.3 Å². The summed E-state index contributed by atoms with van der Waals surface area (Å²) in [5, 5.41) is 20.0. The molecule has 2 N–H and O–H groups in total. The lowest BCUT2D eigenvalue weighted by molar-refractivity contribution is 0.266. The topological polar surface area (TPSA) is 67.2 Å². The molecular weight excluding hydrogens is 318 g/mol. The van der Waals surface area contributed by atoms with Gasteiger partial charge in [-0.1, -0.05) is 0 Å². The Labute approximate surface area is 116 Å². The summed E-state index contributed by atoms with van der Waals surface area (Å²) < 4.78 is 1.65. The van der Waals surface area contributed by atoms with Crippen molar-refractivity contribution >= 4 is 33.0 Å². The zero-order valence-corrected chi connectivity index (χ0v) is 11.9. The van der Waals surface area contributed by atoms with E-state index in [9.17, 15) is 4.79 Å². The van der Waals surface area contributed by atoms with Crippen LogP contribution in [-0.4, -0.2) is 21.5 Å². The molecule has 0 spiro atoms. The van der Waals surface area contributed by atoms with Crippen LogP contribution in [0.1, 0.15) is 5.56 Å². The molecule has 0 saturated carbocycles. The highest BCUT2D eigenvalue weighted by molar-refractivity contribution is 9.10. The molecule has 0 aliphatic rings.